The highest BCUT2D eigenvalue weighted by molar-refractivity contribution is 6.06. The zero-order valence-corrected chi connectivity index (χ0v) is 10.7. The average Bonchev–Trinajstić information content (AvgIpc) is 2.82. The molecule has 2 rings (SSSR count). The molecule has 7 heteroatoms. The lowest BCUT2D eigenvalue weighted by atomic mass is 10.2. The Hall–Kier alpha value is -2.88. The Kier molecular flexibility index (Phi) is 3.66. The summed E-state index contributed by atoms with van der Waals surface area (Å²) in [6, 6.07) is 5.43. The van der Waals surface area contributed by atoms with Crippen molar-refractivity contribution >= 4 is 17.3 Å². The van der Waals surface area contributed by atoms with Crippen LogP contribution in [0.2, 0.25) is 0 Å². The average molecular weight is 273 g/mol. The van der Waals surface area contributed by atoms with Crippen LogP contribution in [0.25, 0.3) is 0 Å². The number of nitriles is 1. The smallest absolute Gasteiger partial charge is 0.278 e. The van der Waals surface area contributed by atoms with Gasteiger partial charge in [-0.05, 0) is 25.1 Å². The lowest BCUT2D eigenvalue weighted by molar-refractivity contribution is 0.102. The number of rotatable bonds is 3. The van der Waals surface area contributed by atoms with E-state index in [1.807, 2.05) is 6.92 Å². The van der Waals surface area contributed by atoms with Crippen LogP contribution in [-0.2, 0) is 6.54 Å². The van der Waals surface area contributed by atoms with E-state index in [1.165, 1.54) is 16.8 Å². The molecule has 1 aromatic carbocycles. The molecular formula is C13H12FN5O. The second-order valence-corrected chi connectivity index (χ2v) is 4.05. The second kappa shape index (κ2) is 5.40. The van der Waals surface area contributed by atoms with Crippen molar-refractivity contribution in [2.45, 2.75) is 13.5 Å². The number of nitrogen functional groups attached to an aromatic ring is 1. The predicted octanol–water partition coefficient (Wildman–Crippen LogP) is 1.75. The van der Waals surface area contributed by atoms with Gasteiger partial charge in [0.05, 0.1) is 11.3 Å². The molecule has 1 aromatic heterocycles. The van der Waals surface area contributed by atoms with Gasteiger partial charge >= 0.3 is 0 Å². The summed E-state index contributed by atoms with van der Waals surface area (Å²) >= 11 is 0. The minimum absolute atomic E-state index is 0.0923. The summed E-state index contributed by atoms with van der Waals surface area (Å²) in [7, 11) is 0. The summed E-state index contributed by atoms with van der Waals surface area (Å²) in [4.78, 5) is 12.0. The molecule has 2 aromatic rings. The lowest BCUT2D eigenvalue weighted by Crippen LogP contribution is -2.15. The van der Waals surface area contributed by atoms with E-state index in [4.69, 9.17) is 11.0 Å². The van der Waals surface area contributed by atoms with Gasteiger partial charge in [-0.15, -0.1) is 0 Å². The Bertz CT molecular complexity index is 701. The Morgan fingerprint density at radius 3 is 2.95 bits per heavy atom. The van der Waals surface area contributed by atoms with Crippen LogP contribution >= 0.6 is 0 Å². The van der Waals surface area contributed by atoms with Crippen molar-refractivity contribution in [3.63, 3.8) is 0 Å². The maximum absolute atomic E-state index is 13.2. The molecule has 0 bridgehead atoms. The Morgan fingerprint density at radius 2 is 2.35 bits per heavy atom. The first-order chi connectivity index (χ1) is 9.55. The SMILES string of the molecule is CCn1cc(N)c(C(=O)Nc2ccc(F)c(C#N)c2)n1. The third-order valence-corrected chi connectivity index (χ3v) is 2.67. The highest BCUT2D eigenvalue weighted by atomic mass is 19.1. The first-order valence-corrected chi connectivity index (χ1v) is 5.89. The fourth-order valence-corrected chi connectivity index (χ4v) is 1.65. The molecule has 20 heavy (non-hydrogen) atoms. The molecule has 1 heterocycles. The molecule has 0 spiro atoms. The van der Waals surface area contributed by atoms with Gasteiger partial charge < -0.3 is 11.1 Å². The van der Waals surface area contributed by atoms with Crippen LogP contribution in [0, 0.1) is 17.1 Å². The summed E-state index contributed by atoms with van der Waals surface area (Å²) in [5.74, 6) is -1.15. The molecule has 0 radical (unpaired) electrons. The van der Waals surface area contributed by atoms with Crippen molar-refractivity contribution in [3.8, 4) is 6.07 Å². The van der Waals surface area contributed by atoms with Crippen molar-refractivity contribution in [2.75, 3.05) is 11.1 Å². The van der Waals surface area contributed by atoms with Gasteiger partial charge in [0.1, 0.15) is 11.9 Å². The highest BCUT2D eigenvalue weighted by Crippen LogP contribution is 2.16. The van der Waals surface area contributed by atoms with Crippen LogP contribution in [0.3, 0.4) is 0 Å². The van der Waals surface area contributed by atoms with Crippen molar-refractivity contribution in [3.05, 3.63) is 41.5 Å². The number of aryl methyl sites for hydroxylation is 1. The number of aromatic nitrogens is 2. The first kappa shape index (κ1) is 13.5. The number of carbonyl (C=O) groups excluding carboxylic acids is 1. The molecular weight excluding hydrogens is 261 g/mol. The van der Waals surface area contributed by atoms with E-state index in [0.717, 1.165) is 6.07 Å². The fraction of sp³-hybridized carbons (Fsp3) is 0.154. The number of hydrogen-bond acceptors (Lipinski definition) is 4. The summed E-state index contributed by atoms with van der Waals surface area (Å²) in [6.45, 7) is 2.46. The molecule has 6 nitrogen and oxygen atoms in total. The molecule has 0 aliphatic carbocycles. The topological polar surface area (TPSA) is 96.7 Å². The maximum Gasteiger partial charge on any atom is 0.278 e. The van der Waals surface area contributed by atoms with Gasteiger partial charge in [0, 0.05) is 18.4 Å². The van der Waals surface area contributed by atoms with Gasteiger partial charge in [-0.25, -0.2) is 4.39 Å². The number of benzene rings is 1. The van der Waals surface area contributed by atoms with Crippen molar-refractivity contribution in [1.29, 1.82) is 5.26 Å². The molecule has 0 fully saturated rings. The van der Waals surface area contributed by atoms with E-state index in [0.29, 0.717) is 12.2 Å². The van der Waals surface area contributed by atoms with E-state index >= 15 is 0 Å². The Balaban J connectivity index is 2.23. The molecule has 0 aliphatic heterocycles. The van der Waals surface area contributed by atoms with E-state index in [-0.39, 0.29) is 16.9 Å². The number of carbonyl (C=O) groups is 1. The van der Waals surface area contributed by atoms with E-state index < -0.39 is 11.7 Å². The second-order valence-electron chi connectivity index (χ2n) is 4.05. The Labute approximate surface area is 114 Å². The highest BCUT2D eigenvalue weighted by Gasteiger charge is 2.15. The number of nitrogens with one attached hydrogen (secondary N) is 1. The number of halogens is 1. The van der Waals surface area contributed by atoms with Gasteiger partial charge in [0.2, 0.25) is 0 Å². The van der Waals surface area contributed by atoms with Gasteiger partial charge in [-0.2, -0.15) is 10.4 Å². The van der Waals surface area contributed by atoms with Gasteiger partial charge in [0.25, 0.3) is 5.91 Å². The quantitative estimate of drug-likeness (QED) is 0.890. The van der Waals surface area contributed by atoms with Gasteiger partial charge in [-0.3, -0.25) is 9.48 Å². The van der Waals surface area contributed by atoms with Crippen molar-refractivity contribution in [1.82, 2.24) is 9.78 Å². The molecule has 1 amide bonds. The number of nitrogens with zero attached hydrogens (tertiary/aromatic N) is 3. The fourth-order valence-electron chi connectivity index (χ4n) is 1.65. The minimum atomic E-state index is -0.639. The maximum atomic E-state index is 13.2. The molecule has 102 valence electrons. The summed E-state index contributed by atoms with van der Waals surface area (Å²) < 4.78 is 14.7. The zero-order valence-electron chi connectivity index (χ0n) is 10.7. The lowest BCUT2D eigenvalue weighted by Gasteiger charge is -2.04. The number of hydrogen-bond donors (Lipinski definition) is 2. The molecule has 0 unspecified atom stereocenters. The standard InChI is InChI=1S/C13H12FN5O/c1-2-19-7-11(16)12(18-19)13(20)17-9-3-4-10(14)8(5-9)6-15/h3-5,7H,2,16H2,1H3,(H,17,20). The molecule has 3 N–H and O–H groups in total. The molecule has 0 aliphatic rings. The third kappa shape index (κ3) is 2.59. The predicted molar refractivity (Wildman–Crippen MR) is 71.4 cm³/mol. The van der Waals surface area contributed by atoms with Gasteiger partial charge in [-0.1, -0.05) is 0 Å². The van der Waals surface area contributed by atoms with E-state index in [2.05, 4.69) is 10.4 Å². The number of anilines is 2. The summed E-state index contributed by atoms with van der Waals surface area (Å²) in [5.41, 5.74) is 6.20. The van der Waals surface area contributed by atoms with Crippen LogP contribution in [0.5, 0.6) is 0 Å². The van der Waals surface area contributed by atoms with Crippen molar-refractivity contribution in [2.24, 2.45) is 0 Å². The largest absolute Gasteiger partial charge is 0.396 e. The Morgan fingerprint density at radius 1 is 1.60 bits per heavy atom. The minimum Gasteiger partial charge on any atom is -0.396 e. The molecule has 0 saturated carbocycles. The van der Waals surface area contributed by atoms with E-state index in [9.17, 15) is 9.18 Å². The zero-order chi connectivity index (χ0) is 14.7. The monoisotopic (exact) mass is 273 g/mol. The molecule has 0 saturated heterocycles. The first-order valence-electron chi connectivity index (χ1n) is 5.89. The van der Waals surface area contributed by atoms with Crippen LogP contribution < -0.4 is 11.1 Å². The normalized spacial score (nSPS) is 10.1. The van der Waals surface area contributed by atoms with E-state index in [1.54, 1.807) is 12.3 Å². The van der Waals surface area contributed by atoms with Gasteiger partial charge in [0.15, 0.2) is 5.69 Å². The third-order valence-electron chi connectivity index (χ3n) is 2.67. The summed E-state index contributed by atoms with van der Waals surface area (Å²) in [6.07, 6.45) is 1.56. The van der Waals surface area contributed by atoms with Crippen LogP contribution in [0.1, 0.15) is 23.0 Å². The van der Waals surface area contributed by atoms with Crippen LogP contribution in [0.15, 0.2) is 24.4 Å². The van der Waals surface area contributed by atoms with Crippen LogP contribution in [0.4, 0.5) is 15.8 Å². The molecule has 0 atom stereocenters. The number of nitrogens with two attached hydrogens (primary N) is 1. The number of amides is 1. The van der Waals surface area contributed by atoms with Crippen molar-refractivity contribution < 1.29 is 9.18 Å². The van der Waals surface area contributed by atoms with Crippen LogP contribution in [-0.4, -0.2) is 15.7 Å². The summed E-state index contributed by atoms with van der Waals surface area (Å²) in [5, 5.41) is 15.3.